The molecule has 0 fully saturated rings. The molecular weight excluding hydrogens is 297 g/mol. The van der Waals surface area contributed by atoms with Crippen LogP contribution >= 0.6 is 11.6 Å². The molecule has 1 amide bonds. The maximum absolute atomic E-state index is 13.2. The molecule has 0 aliphatic rings. The topological polar surface area (TPSA) is 71.0 Å². The molecule has 1 heterocycles. The number of rotatable bonds is 4. The lowest BCUT2D eigenvalue weighted by Gasteiger charge is -2.17. The number of anilines is 3. The molecule has 0 radical (unpaired) electrons. The zero-order valence-electron chi connectivity index (χ0n) is 11.0. The highest BCUT2D eigenvalue weighted by molar-refractivity contribution is 6.31. The first-order chi connectivity index (χ1) is 10.0. The summed E-state index contributed by atoms with van der Waals surface area (Å²) >= 11 is 5.74. The van der Waals surface area contributed by atoms with Gasteiger partial charge in [-0.1, -0.05) is 18.2 Å². The average Bonchev–Trinajstić information content (AvgIpc) is 2.49. The van der Waals surface area contributed by atoms with Gasteiger partial charge in [-0.2, -0.15) is 4.98 Å². The third-order valence-electron chi connectivity index (χ3n) is 2.57. The number of hydrogen-bond acceptors (Lipinski definition) is 5. The number of aromatic nitrogens is 3. The highest BCUT2D eigenvalue weighted by Gasteiger charge is 2.11. The Morgan fingerprint density at radius 1 is 1.48 bits per heavy atom. The van der Waals surface area contributed by atoms with E-state index in [4.69, 9.17) is 11.6 Å². The van der Waals surface area contributed by atoms with Crippen molar-refractivity contribution >= 4 is 35.1 Å². The van der Waals surface area contributed by atoms with E-state index in [9.17, 15) is 9.18 Å². The van der Waals surface area contributed by atoms with Crippen molar-refractivity contribution in [2.24, 2.45) is 0 Å². The molecule has 0 atom stereocenters. The van der Waals surface area contributed by atoms with Gasteiger partial charge in [0.15, 0.2) is 0 Å². The number of nitrogens with one attached hydrogen (secondary N) is 1. The van der Waals surface area contributed by atoms with E-state index in [1.165, 1.54) is 24.5 Å². The van der Waals surface area contributed by atoms with Gasteiger partial charge in [0.25, 0.3) is 0 Å². The fourth-order valence-electron chi connectivity index (χ4n) is 1.48. The van der Waals surface area contributed by atoms with E-state index in [1.54, 1.807) is 11.9 Å². The summed E-state index contributed by atoms with van der Waals surface area (Å²) in [6.07, 6.45) is 2.36. The van der Waals surface area contributed by atoms with Crippen LogP contribution in [0.15, 0.2) is 37.2 Å². The molecule has 2 aromatic rings. The molecule has 1 N–H and O–H groups in total. The number of carbonyl (C=O) groups excluding carboxylic acids is 1. The van der Waals surface area contributed by atoms with Gasteiger partial charge in [-0.15, -0.1) is 0 Å². The second kappa shape index (κ2) is 6.27. The van der Waals surface area contributed by atoms with E-state index in [1.807, 2.05) is 0 Å². The lowest BCUT2D eigenvalue weighted by molar-refractivity contribution is -0.111. The van der Waals surface area contributed by atoms with Crippen LogP contribution in [-0.2, 0) is 4.79 Å². The third-order valence-corrected chi connectivity index (χ3v) is 2.86. The monoisotopic (exact) mass is 307 g/mol. The molecule has 8 heteroatoms. The first kappa shape index (κ1) is 14.9. The number of amides is 1. The Labute approximate surface area is 125 Å². The lowest BCUT2D eigenvalue weighted by Crippen LogP contribution is -2.16. The summed E-state index contributed by atoms with van der Waals surface area (Å²) in [7, 11) is 1.68. The van der Waals surface area contributed by atoms with Crippen LogP contribution in [0.3, 0.4) is 0 Å². The molecule has 108 valence electrons. The molecule has 0 saturated heterocycles. The van der Waals surface area contributed by atoms with E-state index in [2.05, 4.69) is 26.8 Å². The molecule has 0 aliphatic heterocycles. The summed E-state index contributed by atoms with van der Waals surface area (Å²) in [5, 5.41) is 2.42. The van der Waals surface area contributed by atoms with Gasteiger partial charge in [0.1, 0.15) is 12.1 Å². The maximum Gasteiger partial charge on any atom is 0.250 e. The van der Waals surface area contributed by atoms with Crippen LogP contribution in [-0.4, -0.2) is 27.9 Å². The van der Waals surface area contributed by atoms with Crippen molar-refractivity contribution in [3.63, 3.8) is 0 Å². The van der Waals surface area contributed by atoms with Crippen molar-refractivity contribution in [3.05, 3.63) is 48.0 Å². The second-order valence-corrected chi connectivity index (χ2v) is 4.37. The zero-order chi connectivity index (χ0) is 15.4. The van der Waals surface area contributed by atoms with Gasteiger partial charge >= 0.3 is 0 Å². The summed E-state index contributed by atoms with van der Waals surface area (Å²) in [5.74, 6) is -0.583. The number of carbonyl (C=O) groups is 1. The summed E-state index contributed by atoms with van der Waals surface area (Å²) < 4.78 is 13.2. The number of halogens is 2. The van der Waals surface area contributed by atoms with Gasteiger partial charge in [0, 0.05) is 12.7 Å². The summed E-state index contributed by atoms with van der Waals surface area (Å²) in [6, 6.07) is 4.23. The Kier molecular flexibility index (Phi) is 4.44. The minimum atomic E-state index is -0.511. The number of hydrogen-bond donors (Lipinski definition) is 1. The minimum Gasteiger partial charge on any atom is -0.313 e. The van der Waals surface area contributed by atoms with Crippen LogP contribution in [0.25, 0.3) is 0 Å². The van der Waals surface area contributed by atoms with E-state index in [-0.39, 0.29) is 16.9 Å². The van der Waals surface area contributed by atoms with Gasteiger partial charge in [0.05, 0.1) is 5.02 Å². The largest absolute Gasteiger partial charge is 0.313 e. The minimum absolute atomic E-state index is 0.00594. The second-order valence-electron chi connectivity index (χ2n) is 3.96. The lowest BCUT2D eigenvalue weighted by atomic mass is 10.3. The van der Waals surface area contributed by atoms with Gasteiger partial charge in [-0.3, -0.25) is 10.1 Å². The zero-order valence-corrected chi connectivity index (χ0v) is 11.8. The summed E-state index contributed by atoms with van der Waals surface area (Å²) in [4.78, 5) is 24.7. The predicted molar refractivity (Wildman–Crippen MR) is 78.1 cm³/mol. The molecule has 0 saturated carbocycles. The molecule has 0 bridgehead atoms. The smallest absolute Gasteiger partial charge is 0.250 e. The SMILES string of the molecule is C=CC(=O)Nc1ncnc(N(C)c2ccc(F)c(Cl)c2)n1. The van der Waals surface area contributed by atoms with Crippen LogP contribution in [0.1, 0.15) is 0 Å². The van der Waals surface area contributed by atoms with Crippen molar-refractivity contribution in [2.45, 2.75) is 0 Å². The first-order valence-corrected chi connectivity index (χ1v) is 6.20. The maximum atomic E-state index is 13.2. The van der Waals surface area contributed by atoms with Crippen LogP contribution in [0.2, 0.25) is 5.02 Å². The van der Waals surface area contributed by atoms with Crippen LogP contribution in [0, 0.1) is 5.82 Å². The molecule has 2 rings (SSSR count). The van der Waals surface area contributed by atoms with Gasteiger partial charge in [-0.25, -0.2) is 14.4 Å². The third kappa shape index (κ3) is 3.51. The fraction of sp³-hybridized carbons (Fsp3) is 0.0769. The number of benzene rings is 1. The molecule has 6 nitrogen and oxygen atoms in total. The Morgan fingerprint density at radius 3 is 2.90 bits per heavy atom. The van der Waals surface area contributed by atoms with Crippen molar-refractivity contribution in [3.8, 4) is 0 Å². The van der Waals surface area contributed by atoms with Crippen molar-refractivity contribution in [1.82, 2.24) is 15.0 Å². The van der Waals surface area contributed by atoms with Gasteiger partial charge in [0.2, 0.25) is 17.8 Å². The van der Waals surface area contributed by atoms with E-state index in [0.29, 0.717) is 5.69 Å². The molecule has 1 aromatic carbocycles. The molecular formula is C13H11ClFN5O. The van der Waals surface area contributed by atoms with Gasteiger partial charge < -0.3 is 4.90 Å². The standard InChI is InChI=1S/C13H11ClFN5O/c1-3-11(21)18-12-16-7-17-13(19-12)20(2)8-4-5-10(15)9(14)6-8/h3-7H,1H2,2H3,(H,16,17,18,19,21). The molecule has 0 unspecified atom stereocenters. The average molecular weight is 308 g/mol. The normalized spacial score (nSPS) is 10.0. The molecule has 1 aromatic heterocycles. The molecule has 0 aliphatic carbocycles. The summed E-state index contributed by atoms with van der Waals surface area (Å²) in [5.41, 5.74) is 0.591. The van der Waals surface area contributed by atoms with Crippen molar-refractivity contribution in [1.29, 1.82) is 0 Å². The van der Waals surface area contributed by atoms with Gasteiger partial charge in [-0.05, 0) is 24.3 Å². The van der Waals surface area contributed by atoms with Crippen LogP contribution < -0.4 is 10.2 Å². The number of nitrogens with zero attached hydrogens (tertiary/aromatic N) is 4. The highest BCUT2D eigenvalue weighted by Crippen LogP contribution is 2.25. The van der Waals surface area contributed by atoms with Crippen molar-refractivity contribution in [2.75, 3.05) is 17.3 Å². The van der Waals surface area contributed by atoms with Crippen molar-refractivity contribution < 1.29 is 9.18 Å². The summed E-state index contributed by atoms with van der Waals surface area (Å²) in [6.45, 7) is 3.34. The Morgan fingerprint density at radius 2 is 2.24 bits per heavy atom. The van der Waals surface area contributed by atoms with Crippen LogP contribution in [0.4, 0.5) is 22.0 Å². The Bertz CT molecular complexity index is 694. The predicted octanol–water partition coefficient (Wildman–Crippen LogP) is 2.56. The highest BCUT2D eigenvalue weighted by atomic mass is 35.5. The molecule has 21 heavy (non-hydrogen) atoms. The quantitative estimate of drug-likeness (QED) is 0.879. The fourth-order valence-corrected chi connectivity index (χ4v) is 1.65. The Hall–Kier alpha value is -2.54. The van der Waals surface area contributed by atoms with Crippen LogP contribution in [0.5, 0.6) is 0 Å². The first-order valence-electron chi connectivity index (χ1n) is 5.82. The Balaban J connectivity index is 2.28. The van der Waals surface area contributed by atoms with E-state index >= 15 is 0 Å². The van der Waals surface area contributed by atoms with E-state index in [0.717, 1.165) is 6.08 Å². The molecule has 0 spiro atoms. The van der Waals surface area contributed by atoms with E-state index < -0.39 is 11.7 Å².